The van der Waals surface area contributed by atoms with E-state index >= 15 is 0 Å². The van der Waals surface area contributed by atoms with Crippen LogP contribution in [-0.2, 0) is 11.8 Å². The normalized spacial score (nSPS) is 17.0. The van der Waals surface area contributed by atoms with Crippen LogP contribution in [0.3, 0.4) is 0 Å². The van der Waals surface area contributed by atoms with Crippen LogP contribution < -0.4 is 0 Å². The fourth-order valence-electron chi connectivity index (χ4n) is 2.43. The lowest BCUT2D eigenvalue weighted by atomic mass is 9.97. The van der Waals surface area contributed by atoms with Crippen molar-refractivity contribution in [1.82, 2.24) is 9.97 Å². The zero-order valence-electron chi connectivity index (χ0n) is 10.8. The highest BCUT2D eigenvalue weighted by molar-refractivity contribution is 5.76. The second kappa shape index (κ2) is 3.84. The average molecular weight is 239 g/mol. The van der Waals surface area contributed by atoms with Gasteiger partial charge in [0, 0.05) is 6.42 Å². The predicted octanol–water partition coefficient (Wildman–Crippen LogP) is 3.32. The number of nitrogens with one attached hydrogen (secondary N) is 1. The minimum Gasteiger partial charge on any atom is -0.342 e. The second-order valence-corrected chi connectivity index (χ2v) is 5.71. The van der Waals surface area contributed by atoms with Gasteiger partial charge in [-0.3, -0.25) is 0 Å². The van der Waals surface area contributed by atoms with Gasteiger partial charge in [-0.2, -0.15) is 5.26 Å². The number of H-pyrrole nitrogens is 1. The van der Waals surface area contributed by atoms with E-state index in [-0.39, 0.29) is 5.41 Å². The van der Waals surface area contributed by atoms with E-state index in [4.69, 9.17) is 0 Å². The molecule has 0 radical (unpaired) electrons. The number of nitrogens with zero attached hydrogens (tertiary/aromatic N) is 2. The molecular weight excluding hydrogens is 222 g/mol. The van der Waals surface area contributed by atoms with Crippen molar-refractivity contribution < 1.29 is 0 Å². The van der Waals surface area contributed by atoms with Crippen molar-refractivity contribution in [2.45, 2.75) is 38.5 Å². The lowest BCUT2D eigenvalue weighted by molar-refractivity contribution is 0.627. The van der Waals surface area contributed by atoms with Crippen LogP contribution in [0.4, 0.5) is 0 Å². The van der Waals surface area contributed by atoms with Gasteiger partial charge in [-0.25, -0.2) is 4.98 Å². The highest BCUT2D eigenvalue weighted by Gasteiger charge is 2.44. The molecule has 0 unspecified atom stereocenters. The van der Waals surface area contributed by atoms with Gasteiger partial charge in [0.05, 0.1) is 22.5 Å². The molecule has 0 aliphatic heterocycles. The maximum Gasteiger partial charge on any atom is 0.107 e. The molecule has 1 aliphatic rings. The van der Waals surface area contributed by atoms with E-state index in [9.17, 15) is 5.26 Å². The number of hydrogen-bond donors (Lipinski definition) is 1. The molecular formula is C15H17N3. The Morgan fingerprint density at radius 1 is 1.44 bits per heavy atom. The maximum atomic E-state index is 9.23. The number of nitriles is 1. The van der Waals surface area contributed by atoms with Crippen molar-refractivity contribution >= 4 is 11.0 Å². The van der Waals surface area contributed by atoms with E-state index in [1.54, 1.807) is 0 Å². The zero-order chi connectivity index (χ0) is 12.8. The molecule has 1 saturated carbocycles. The first-order valence-corrected chi connectivity index (χ1v) is 6.53. The van der Waals surface area contributed by atoms with Crippen molar-refractivity contribution in [1.29, 1.82) is 5.26 Å². The third-order valence-corrected chi connectivity index (χ3v) is 3.65. The minimum atomic E-state index is -0.211. The standard InChI is InChI=1S/C15H17N3/c1-10(2)7-14-17-12-4-3-11(8-13(12)18-14)15(9-16)5-6-15/h3-4,8,10H,5-7H2,1-2H3,(H,17,18). The van der Waals surface area contributed by atoms with Gasteiger partial charge in [-0.15, -0.1) is 0 Å². The van der Waals surface area contributed by atoms with Crippen LogP contribution in [-0.4, -0.2) is 9.97 Å². The van der Waals surface area contributed by atoms with Crippen LogP contribution in [0, 0.1) is 17.2 Å². The van der Waals surface area contributed by atoms with E-state index in [0.717, 1.165) is 41.7 Å². The molecule has 1 aromatic carbocycles. The van der Waals surface area contributed by atoms with Crippen LogP contribution in [0.15, 0.2) is 18.2 Å². The van der Waals surface area contributed by atoms with Gasteiger partial charge >= 0.3 is 0 Å². The summed E-state index contributed by atoms with van der Waals surface area (Å²) in [6.07, 6.45) is 2.94. The highest BCUT2D eigenvalue weighted by atomic mass is 14.9. The lowest BCUT2D eigenvalue weighted by Gasteiger charge is -2.04. The first kappa shape index (κ1) is 11.3. The van der Waals surface area contributed by atoms with Gasteiger partial charge in [0.25, 0.3) is 0 Å². The number of imidazole rings is 1. The molecule has 92 valence electrons. The van der Waals surface area contributed by atoms with E-state index in [2.05, 4.69) is 42.0 Å². The minimum absolute atomic E-state index is 0.211. The summed E-state index contributed by atoms with van der Waals surface area (Å²) in [6, 6.07) is 8.62. The number of hydrogen-bond acceptors (Lipinski definition) is 2. The van der Waals surface area contributed by atoms with Crippen molar-refractivity contribution in [2.24, 2.45) is 5.92 Å². The third-order valence-electron chi connectivity index (χ3n) is 3.65. The summed E-state index contributed by atoms with van der Waals surface area (Å²) in [5, 5.41) is 9.23. The number of fused-ring (bicyclic) bond motifs is 1. The van der Waals surface area contributed by atoms with Crippen LogP contribution in [0.25, 0.3) is 11.0 Å². The van der Waals surface area contributed by atoms with E-state index in [1.807, 2.05) is 6.07 Å². The smallest absolute Gasteiger partial charge is 0.107 e. The fraction of sp³-hybridized carbons (Fsp3) is 0.467. The first-order chi connectivity index (χ1) is 8.63. The summed E-state index contributed by atoms with van der Waals surface area (Å²) < 4.78 is 0. The molecule has 1 N–H and O–H groups in total. The molecule has 18 heavy (non-hydrogen) atoms. The molecule has 1 heterocycles. The quantitative estimate of drug-likeness (QED) is 0.893. The van der Waals surface area contributed by atoms with Gasteiger partial charge < -0.3 is 4.98 Å². The van der Waals surface area contributed by atoms with E-state index in [0.29, 0.717) is 5.92 Å². The number of aromatic amines is 1. The Morgan fingerprint density at radius 2 is 2.22 bits per heavy atom. The average Bonchev–Trinajstić information content (AvgIpc) is 3.03. The van der Waals surface area contributed by atoms with Crippen molar-refractivity contribution in [3.63, 3.8) is 0 Å². The summed E-state index contributed by atoms with van der Waals surface area (Å²) in [5.74, 6) is 1.64. The lowest BCUT2D eigenvalue weighted by Crippen LogP contribution is -2.01. The molecule has 0 spiro atoms. The van der Waals surface area contributed by atoms with Gasteiger partial charge in [0.15, 0.2) is 0 Å². The monoisotopic (exact) mass is 239 g/mol. The fourth-order valence-corrected chi connectivity index (χ4v) is 2.43. The Kier molecular flexibility index (Phi) is 2.41. The topological polar surface area (TPSA) is 52.5 Å². The summed E-state index contributed by atoms with van der Waals surface area (Å²) in [5.41, 5.74) is 2.99. The van der Waals surface area contributed by atoms with Crippen molar-refractivity contribution in [3.8, 4) is 6.07 Å². The third kappa shape index (κ3) is 1.78. The van der Waals surface area contributed by atoms with Gasteiger partial charge in [-0.1, -0.05) is 19.9 Å². The summed E-state index contributed by atoms with van der Waals surface area (Å²) >= 11 is 0. The Bertz CT molecular complexity index is 627. The summed E-state index contributed by atoms with van der Waals surface area (Å²) in [7, 11) is 0. The van der Waals surface area contributed by atoms with Crippen LogP contribution in [0.2, 0.25) is 0 Å². The molecule has 2 aromatic rings. The van der Waals surface area contributed by atoms with E-state index < -0.39 is 0 Å². The first-order valence-electron chi connectivity index (χ1n) is 6.53. The molecule has 0 bridgehead atoms. The molecule has 1 fully saturated rings. The highest BCUT2D eigenvalue weighted by Crippen LogP contribution is 2.47. The Hall–Kier alpha value is -1.82. The van der Waals surface area contributed by atoms with Crippen molar-refractivity contribution in [2.75, 3.05) is 0 Å². The van der Waals surface area contributed by atoms with Gasteiger partial charge in [-0.05, 0) is 36.5 Å². The predicted molar refractivity (Wildman–Crippen MR) is 71.2 cm³/mol. The second-order valence-electron chi connectivity index (χ2n) is 5.71. The largest absolute Gasteiger partial charge is 0.342 e. The number of aromatic nitrogens is 2. The Balaban J connectivity index is 2.00. The molecule has 0 saturated heterocycles. The van der Waals surface area contributed by atoms with Crippen LogP contribution in [0.5, 0.6) is 0 Å². The zero-order valence-corrected chi connectivity index (χ0v) is 10.8. The number of benzene rings is 1. The molecule has 0 amide bonds. The SMILES string of the molecule is CC(C)Cc1nc2ccc(C3(C#N)CC3)cc2[nH]1. The molecule has 1 aliphatic carbocycles. The van der Waals surface area contributed by atoms with Crippen molar-refractivity contribution in [3.05, 3.63) is 29.6 Å². The summed E-state index contributed by atoms with van der Waals surface area (Å²) in [6.45, 7) is 4.38. The molecule has 3 nitrogen and oxygen atoms in total. The van der Waals surface area contributed by atoms with Crippen LogP contribution in [0.1, 0.15) is 38.1 Å². The Morgan fingerprint density at radius 3 is 2.83 bits per heavy atom. The molecule has 3 heteroatoms. The van der Waals surface area contributed by atoms with E-state index in [1.165, 1.54) is 0 Å². The maximum absolute atomic E-state index is 9.23. The molecule has 0 atom stereocenters. The van der Waals surface area contributed by atoms with Gasteiger partial charge in [0.2, 0.25) is 0 Å². The van der Waals surface area contributed by atoms with Crippen LogP contribution >= 0.6 is 0 Å². The molecule has 1 aromatic heterocycles. The Labute approximate surface area is 107 Å². The van der Waals surface area contributed by atoms with Gasteiger partial charge in [0.1, 0.15) is 5.82 Å². The summed E-state index contributed by atoms with van der Waals surface area (Å²) in [4.78, 5) is 7.95. The molecule has 3 rings (SSSR count). The number of rotatable bonds is 3.